The van der Waals surface area contributed by atoms with Crippen LogP contribution in [0.25, 0.3) is 10.9 Å². The van der Waals surface area contributed by atoms with E-state index in [1.807, 2.05) is 24.3 Å². The highest BCUT2D eigenvalue weighted by atomic mass is 35.5. The van der Waals surface area contributed by atoms with E-state index >= 15 is 0 Å². The molecule has 0 spiro atoms. The third-order valence-corrected chi connectivity index (χ3v) is 4.63. The van der Waals surface area contributed by atoms with Crippen molar-refractivity contribution in [2.75, 3.05) is 0 Å². The lowest BCUT2D eigenvalue weighted by atomic mass is 10.1. The summed E-state index contributed by atoms with van der Waals surface area (Å²) < 4.78 is 0. The van der Waals surface area contributed by atoms with Gasteiger partial charge in [0, 0.05) is 11.8 Å². The van der Waals surface area contributed by atoms with Crippen LogP contribution in [-0.2, 0) is 12.8 Å². The fourth-order valence-electron chi connectivity index (χ4n) is 2.19. The Kier molecular flexibility index (Phi) is 4.74. The van der Waals surface area contributed by atoms with E-state index in [0.29, 0.717) is 38.0 Å². The van der Waals surface area contributed by atoms with Gasteiger partial charge in [0.1, 0.15) is 11.0 Å². The molecule has 0 N–H and O–H groups in total. The van der Waals surface area contributed by atoms with E-state index in [-0.39, 0.29) is 0 Å². The molecule has 112 valence electrons. The van der Waals surface area contributed by atoms with Crippen molar-refractivity contribution < 1.29 is 0 Å². The summed E-state index contributed by atoms with van der Waals surface area (Å²) in [4.78, 5) is 8.84. The molecule has 22 heavy (non-hydrogen) atoms. The first-order valence-corrected chi connectivity index (χ1v) is 8.10. The number of aromatic nitrogens is 2. The summed E-state index contributed by atoms with van der Waals surface area (Å²) in [6.07, 6.45) is 1.38. The summed E-state index contributed by atoms with van der Waals surface area (Å²) in [5.74, 6) is 0.650. The predicted octanol–water partition coefficient (Wildman–Crippen LogP) is 6.03. The molecule has 1 aromatic heterocycles. The second-order valence-corrected chi connectivity index (χ2v) is 6.39. The average molecular weight is 372 g/mol. The number of fused-ring (bicyclic) bond motifs is 1. The van der Waals surface area contributed by atoms with Gasteiger partial charge in [0.25, 0.3) is 0 Å². The third kappa shape index (κ3) is 3.31. The number of para-hydroxylation sites is 1. The standard InChI is InChI=1S/C16H10Cl4N2/c17-11-6-4-9(8-13(11)19)5-7-14-21-15-10(16(20)22-14)2-1-3-12(15)18/h1-4,6,8H,5,7H2. The molecule has 0 fully saturated rings. The number of nitrogens with zero attached hydrogens (tertiary/aromatic N) is 2. The van der Waals surface area contributed by atoms with Crippen LogP contribution < -0.4 is 0 Å². The summed E-state index contributed by atoms with van der Waals surface area (Å²) >= 11 is 24.3. The fraction of sp³-hybridized carbons (Fsp3) is 0.125. The molecule has 0 aliphatic rings. The third-order valence-electron chi connectivity index (χ3n) is 3.30. The van der Waals surface area contributed by atoms with E-state index in [2.05, 4.69) is 9.97 Å². The topological polar surface area (TPSA) is 25.8 Å². The minimum absolute atomic E-state index is 0.414. The number of aryl methyl sites for hydroxylation is 2. The summed E-state index contributed by atoms with van der Waals surface area (Å²) in [6.45, 7) is 0. The Bertz CT molecular complexity index is 849. The maximum absolute atomic E-state index is 6.21. The molecule has 0 aliphatic carbocycles. The highest BCUT2D eigenvalue weighted by molar-refractivity contribution is 6.42. The van der Waals surface area contributed by atoms with Gasteiger partial charge in [0.2, 0.25) is 0 Å². The van der Waals surface area contributed by atoms with Crippen LogP contribution in [0.5, 0.6) is 0 Å². The van der Waals surface area contributed by atoms with Crippen molar-refractivity contribution >= 4 is 57.3 Å². The number of halogens is 4. The van der Waals surface area contributed by atoms with Crippen LogP contribution >= 0.6 is 46.4 Å². The second kappa shape index (κ2) is 6.59. The van der Waals surface area contributed by atoms with Gasteiger partial charge in [-0.05, 0) is 36.2 Å². The Morgan fingerprint density at radius 1 is 0.773 bits per heavy atom. The molecule has 3 aromatic rings. The lowest BCUT2D eigenvalue weighted by molar-refractivity contribution is 0.870. The normalized spacial score (nSPS) is 11.1. The quantitative estimate of drug-likeness (QED) is 0.525. The summed E-state index contributed by atoms with van der Waals surface area (Å²) in [5.41, 5.74) is 1.74. The molecule has 0 bridgehead atoms. The van der Waals surface area contributed by atoms with Crippen molar-refractivity contribution in [3.63, 3.8) is 0 Å². The first-order valence-electron chi connectivity index (χ1n) is 6.59. The molecule has 0 saturated carbocycles. The molecule has 2 aromatic carbocycles. The zero-order chi connectivity index (χ0) is 15.7. The maximum atomic E-state index is 6.21. The van der Waals surface area contributed by atoms with Crippen molar-refractivity contribution in [1.29, 1.82) is 0 Å². The minimum atomic E-state index is 0.414. The number of hydrogen-bond acceptors (Lipinski definition) is 2. The average Bonchev–Trinajstić information content (AvgIpc) is 2.50. The first-order chi connectivity index (χ1) is 10.5. The summed E-state index contributed by atoms with van der Waals surface area (Å²) in [7, 11) is 0. The van der Waals surface area contributed by atoms with E-state index in [9.17, 15) is 0 Å². The lowest BCUT2D eigenvalue weighted by Gasteiger charge is -2.06. The summed E-state index contributed by atoms with van der Waals surface area (Å²) in [6, 6.07) is 11.0. The van der Waals surface area contributed by atoms with Crippen LogP contribution in [0.4, 0.5) is 0 Å². The van der Waals surface area contributed by atoms with Crippen LogP contribution in [0, 0.1) is 0 Å². The van der Waals surface area contributed by atoms with Gasteiger partial charge < -0.3 is 0 Å². The number of rotatable bonds is 3. The van der Waals surface area contributed by atoms with Crippen molar-refractivity contribution in [3.05, 3.63) is 68.0 Å². The maximum Gasteiger partial charge on any atom is 0.140 e. The molecule has 1 heterocycles. The zero-order valence-corrected chi connectivity index (χ0v) is 14.3. The Hall–Kier alpha value is -1.06. The van der Waals surface area contributed by atoms with Gasteiger partial charge in [0.15, 0.2) is 0 Å². The van der Waals surface area contributed by atoms with Crippen molar-refractivity contribution in [3.8, 4) is 0 Å². The molecular weight excluding hydrogens is 362 g/mol. The van der Waals surface area contributed by atoms with Gasteiger partial charge in [-0.3, -0.25) is 0 Å². The smallest absolute Gasteiger partial charge is 0.140 e. The molecule has 3 rings (SSSR count). The predicted molar refractivity (Wildman–Crippen MR) is 93.4 cm³/mol. The highest BCUT2D eigenvalue weighted by Gasteiger charge is 2.09. The number of benzene rings is 2. The Labute approximate surface area is 148 Å². The molecule has 0 saturated heterocycles. The minimum Gasteiger partial charge on any atom is -0.231 e. The van der Waals surface area contributed by atoms with Gasteiger partial charge in [-0.1, -0.05) is 58.5 Å². The molecule has 6 heteroatoms. The van der Waals surface area contributed by atoms with Crippen LogP contribution in [-0.4, -0.2) is 9.97 Å². The van der Waals surface area contributed by atoms with Crippen LogP contribution in [0.1, 0.15) is 11.4 Å². The van der Waals surface area contributed by atoms with Crippen molar-refractivity contribution in [1.82, 2.24) is 9.97 Å². The van der Waals surface area contributed by atoms with Crippen LogP contribution in [0.3, 0.4) is 0 Å². The second-order valence-electron chi connectivity index (χ2n) is 4.82. The Morgan fingerprint density at radius 2 is 1.59 bits per heavy atom. The largest absolute Gasteiger partial charge is 0.231 e. The number of hydrogen-bond donors (Lipinski definition) is 0. The molecular formula is C16H10Cl4N2. The first kappa shape index (κ1) is 15.8. The SMILES string of the molecule is Clc1ccc(CCc2nc(Cl)c3cccc(Cl)c3n2)cc1Cl. The van der Waals surface area contributed by atoms with E-state index in [4.69, 9.17) is 46.4 Å². The molecule has 0 unspecified atom stereocenters. The Morgan fingerprint density at radius 3 is 2.36 bits per heavy atom. The van der Waals surface area contributed by atoms with Gasteiger partial charge in [-0.2, -0.15) is 0 Å². The lowest BCUT2D eigenvalue weighted by Crippen LogP contribution is -2.00. The zero-order valence-electron chi connectivity index (χ0n) is 11.3. The molecule has 0 aliphatic heterocycles. The van der Waals surface area contributed by atoms with Crippen LogP contribution in [0.15, 0.2) is 36.4 Å². The van der Waals surface area contributed by atoms with E-state index in [1.54, 1.807) is 12.1 Å². The van der Waals surface area contributed by atoms with E-state index in [1.165, 1.54) is 0 Å². The van der Waals surface area contributed by atoms with Gasteiger partial charge in [-0.25, -0.2) is 9.97 Å². The van der Waals surface area contributed by atoms with Crippen LogP contribution in [0.2, 0.25) is 20.2 Å². The van der Waals surface area contributed by atoms with Gasteiger partial charge in [0.05, 0.1) is 20.6 Å². The van der Waals surface area contributed by atoms with Crippen molar-refractivity contribution in [2.24, 2.45) is 0 Å². The fourth-order valence-corrected chi connectivity index (χ4v) is 2.97. The molecule has 2 nitrogen and oxygen atoms in total. The monoisotopic (exact) mass is 370 g/mol. The van der Waals surface area contributed by atoms with Gasteiger partial charge >= 0.3 is 0 Å². The molecule has 0 atom stereocenters. The van der Waals surface area contributed by atoms with E-state index < -0.39 is 0 Å². The van der Waals surface area contributed by atoms with Gasteiger partial charge in [-0.15, -0.1) is 0 Å². The van der Waals surface area contributed by atoms with Crippen molar-refractivity contribution in [2.45, 2.75) is 12.8 Å². The summed E-state index contributed by atoms with van der Waals surface area (Å²) in [5, 5.41) is 2.82. The molecule has 0 radical (unpaired) electrons. The van der Waals surface area contributed by atoms with E-state index in [0.717, 1.165) is 17.4 Å². The highest BCUT2D eigenvalue weighted by Crippen LogP contribution is 2.27. The Balaban J connectivity index is 1.87. The molecule has 0 amide bonds.